The highest BCUT2D eigenvalue weighted by Gasteiger charge is 2.12. The van der Waals surface area contributed by atoms with E-state index in [1.54, 1.807) is 24.4 Å². The van der Waals surface area contributed by atoms with E-state index in [0.717, 1.165) is 34.8 Å². The third-order valence-electron chi connectivity index (χ3n) is 4.68. The zero-order chi connectivity index (χ0) is 23.2. The molecule has 1 aromatic heterocycles. The molecule has 166 valence electrons. The zero-order valence-electron chi connectivity index (χ0n) is 17.7. The number of aromatic hydroxyl groups is 1. The van der Waals surface area contributed by atoms with Crippen LogP contribution in [0.2, 0.25) is 0 Å². The van der Waals surface area contributed by atoms with Crippen LogP contribution in [-0.2, 0) is 4.79 Å². The van der Waals surface area contributed by atoms with Crippen molar-refractivity contribution in [1.29, 1.82) is 0 Å². The van der Waals surface area contributed by atoms with Crippen molar-refractivity contribution in [3.8, 4) is 16.9 Å². The van der Waals surface area contributed by atoms with Gasteiger partial charge in [0.05, 0.1) is 24.3 Å². The number of hydrogen-bond acceptors (Lipinski definition) is 7. The number of carbonyl (C=O) groups is 1. The van der Waals surface area contributed by atoms with E-state index in [9.17, 15) is 14.3 Å². The maximum absolute atomic E-state index is 12.9. The highest BCUT2D eigenvalue weighted by molar-refractivity contribution is 6.39. The average molecular weight is 444 g/mol. The normalized spacial score (nSPS) is 12.9. The fraction of sp³-hybridized carbons (Fsp3) is 0.0833. The minimum atomic E-state index is -0.571. The van der Waals surface area contributed by atoms with Crippen molar-refractivity contribution < 1.29 is 14.3 Å². The summed E-state index contributed by atoms with van der Waals surface area (Å²) in [7, 11) is 0. The number of allylic oxidation sites excluding steroid dienone is 2. The minimum absolute atomic E-state index is 0.0643. The molecule has 1 amide bonds. The van der Waals surface area contributed by atoms with Crippen molar-refractivity contribution in [2.24, 2.45) is 4.99 Å². The van der Waals surface area contributed by atoms with Gasteiger partial charge >= 0.3 is 0 Å². The fourth-order valence-corrected chi connectivity index (χ4v) is 3.20. The molecule has 0 radical (unpaired) electrons. The van der Waals surface area contributed by atoms with E-state index >= 15 is 0 Å². The molecule has 9 heteroatoms. The molecule has 0 saturated heterocycles. The average Bonchev–Trinajstić information content (AvgIpc) is 3.04. The number of halogens is 1. The Kier molecular flexibility index (Phi) is 6.40. The number of amides is 1. The predicted octanol–water partition coefficient (Wildman–Crippen LogP) is 4.09. The van der Waals surface area contributed by atoms with Crippen molar-refractivity contribution in [2.75, 3.05) is 10.7 Å². The first-order valence-corrected chi connectivity index (χ1v) is 10.1. The number of aryl methyl sites for hydroxylation is 1. The van der Waals surface area contributed by atoms with Gasteiger partial charge < -0.3 is 10.4 Å². The van der Waals surface area contributed by atoms with Crippen molar-refractivity contribution >= 4 is 23.3 Å². The van der Waals surface area contributed by atoms with Crippen LogP contribution in [-0.4, -0.2) is 26.7 Å². The molecule has 0 unspecified atom stereocenters. The molecule has 0 fully saturated rings. The van der Waals surface area contributed by atoms with Gasteiger partial charge in [-0.3, -0.25) is 20.6 Å². The summed E-state index contributed by atoms with van der Waals surface area (Å²) in [4.78, 5) is 24.1. The van der Waals surface area contributed by atoms with Gasteiger partial charge in [-0.05, 0) is 54.0 Å². The molecule has 4 rings (SSSR count). The van der Waals surface area contributed by atoms with Crippen LogP contribution < -0.4 is 16.2 Å². The number of phenols is 1. The lowest BCUT2D eigenvalue weighted by molar-refractivity contribution is -0.114. The Morgan fingerprint density at radius 2 is 1.91 bits per heavy atom. The number of aliphatic imine (C=N–C) groups is 1. The van der Waals surface area contributed by atoms with E-state index in [2.05, 4.69) is 31.1 Å². The number of hydrogen-bond donors (Lipinski definition) is 4. The second-order valence-corrected chi connectivity index (χ2v) is 7.33. The third kappa shape index (κ3) is 5.79. The molecule has 2 aromatic carbocycles. The molecule has 0 atom stereocenters. The highest BCUT2D eigenvalue weighted by atomic mass is 19.1. The van der Waals surface area contributed by atoms with Gasteiger partial charge in [0, 0.05) is 12.1 Å². The molecule has 0 spiro atoms. The summed E-state index contributed by atoms with van der Waals surface area (Å²) in [5.41, 5.74) is 9.73. The van der Waals surface area contributed by atoms with Crippen molar-refractivity contribution in [1.82, 2.24) is 15.4 Å². The van der Waals surface area contributed by atoms with Gasteiger partial charge in [-0.15, -0.1) is 0 Å². The lowest BCUT2D eigenvalue weighted by Crippen LogP contribution is -2.35. The van der Waals surface area contributed by atoms with Crippen molar-refractivity contribution in [3.05, 3.63) is 90.3 Å². The summed E-state index contributed by atoms with van der Waals surface area (Å²) in [5.74, 6) is -0.752. The van der Waals surface area contributed by atoms with E-state index in [-0.39, 0.29) is 17.4 Å². The number of phenolic OH excluding ortho intramolecular Hbond substituents is 1. The molecule has 2 heterocycles. The molecular weight excluding hydrogens is 423 g/mol. The molecule has 0 bridgehead atoms. The molecule has 8 nitrogen and oxygen atoms in total. The molecular formula is C24H21FN6O2. The van der Waals surface area contributed by atoms with E-state index in [0.29, 0.717) is 12.1 Å². The van der Waals surface area contributed by atoms with Crippen molar-refractivity contribution in [2.45, 2.75) is 13.3 Å². The Bertz CT molecular complexity index is 1270. The third-order valence-corrected chi connectivity index (χ3v) is 4.68. The maximum Gasteiger partial charge on any atom is 0.284 e. The Morgan fingerprint density at radius 3 is 2.70 bits per heavy atom. The number of rotatable bonds is 6. The standard InChI is InChI=1S/C24H21FN6O2/c1-15-8-17(16-4-2-6-21(32)11-16)10-20(9-15)29-19-5-3-7-22(26-14-19)23(33)30-31-24-27-12-18(25)13-28-24/h2-6,8-14,29,32H,7H2,1H3,(H,30,33)(H,27,28,31). The largest absolute Gasteiger partial charge is 0.508 e. The first kappa shape index (κ1) is 21.7. The van der Waals surface area contributed by atoms with Gasteiger partial charge in [-0.1, -0.05) is 24.3 Å². The lowest BCUT2D eigenvalue weighted by atomic mass is 10.0. The second-order valence-electron chi connectivity index (χ2n) is 7.33. The maximum atomic E-state index is 12.9. The number of anilines is 2. The monoisotopic (exact) mass is 444 g/mol. The van der Waals surface area contributed by atoms with Crippen LogP contribution in [0.15, 0.2) is 83.9 Å². The van der Waals surface area contributed by atoms with Crippen LogP contribution >= 0.6 is 0 Å². The smallest absolute Gasteiger partial charge is 0.284 e. The van der Waals surface area contributed by atoms with Gasteiger partial charge in [0.25, 0.3) is 5.91 Å². The molecule has 0 aliphatic carbocycles. The van der Waals surface area contributed by atoms with Crippen molar-refractivity contribution in [3.63, 3.8) is 0 Å². The Balaban J connectivity index is 1.45. The summed E-state index contributed by atoms with van der Waals surface area (Å²) in [5, 5.41) is 13.1. The van der Waals surface area contributed by atoms with E-state index in [4.69, 9.17) is 0 Å². The highest BCUT2D eigenvalue weighted by Crippen LogP contribution is 2.28. The topological polar surface area (TPSA) is 112 Å². The SMILES string of the molecule is Cc1cc(NC2=CN=C(C(=O)NNc3ncc(F)cn3)CC=C2)cc(-c2cccc(O)c2)c1. The lowest BCUT2D eigenvalue weighted by Gasteiger charge is -2.11. The van der Waals surface area contributed by atoms with Gasteiger partial charge in [-0.25, -0.2) is 14.4 Å². The van der Waals surface area contributed by atoms with E-state index < -0.39 is 11.7 Å². The number of carbonyl (C=O) groups excluding carboxylic acids is 1. The second kappa shape index (κ2) is 9.73. The van der Waals surface area contributed by atoms with Crippen LogP contribution in [0, 0.1) is 12.7 Å². The zero-order valence-corrected chi connectivity index (χ0v) is 17.7. The number of aromatic nitrogens is 2. The Hall–Kier alpha value is -4.53. The van der Waals surface area contributed by atoms with Gasteiger partial charge in [0.15, 0.2) is 5.82 Å². The summed E-state index contributed by atoms with van der Waals surface area (Å²) < 4.78 is 12.9. The molecule has 0 saturated carbocycles. The van der Waals surface area contributed by atoms with Gasteiger partial charge in [-0.2, -0.15) is 0 Å². The first-order chi connectivity index (χ1) is 16.0. The van der Waals surface area contributed by atoms with Gasteiger partial charge in [0.2, 0.25) is 5.95 Å². The fourth-order valence-electron chi connectivity index (χ4n) is 3.20. The molecule has 1 aliphatic heterocycles. The van der Waals surface area contributed by atoms with E-state index in [1.807, 2.05) is 43.3 Å². The Morgan fingerprint density at radius 1 is 1.09 bits per heavy atom. The number of nitrogens with zero attached hydrogens (tertiary/aromatic N) is 3. The number of nitrogens with one attached hydrogen (secondary N) is 3. The first-order valence-electron chi connectivity index (χ1n) is 10.1. The summed E-state index contributed by atoms with van der Waals surface area (Å²) in [6.07, 6.45) is 7.54. The molecule has 3 aromatic rings. The molecule has 33 heavy (non-hydrogen) atoms. The molecule has 1 aliphatic rings. The molecule has 4 N–H and O–H groups in total. The Labute approximate surface area is 189 Å². The summed E-state index contributed by atoms with van der Waals surface area (Å²) in [6, 6.07) is 13.1. The number of hydrazine groups is 1. The van der Waals surface area contributed by atoms with Crippen LogP contribution in [0.1, 0.15) is 12.0 Å². The summed E-state index contributed by atoms with van der Waals surface area (Å²) in [6.45, 7) is 1.99. The van der Waals surface area contributed by atoms with Crippen LogP contribution in [0.5, 0.6) is 5.75 Å². The summed E-state index contributed by atoms with van der Waals surface area (Å²) >= 11 is 0. The van der Waals surface area contributed by atoms with Crippen LogP contribution in [0.4, 0.5) is 16.0 Å². The van der Waals surface area contributed by atoms with Gasteiger partial charge in [0.1, 0.15) is 11.5 Å². The number of benzene rings is 2. The quantitative estimate of drug-likeness (QED) is 0.426. The van der Waals surface area contributed by atoms with Crippen LogP contribution in [0.3, 0.4) is 0 Å². The predicted molar refractivity (Wildman–Crippen MR) is 125 cm³/mol. The van der Waals surface area contributed by atoms with Crippen LogP contribution in [0.25, 0.3) is 11.1 Å². The minimum Gasteiger partial charge on any atom is -0.508 e. The van der Waals surface area contributed by atoms with E-state index in [1.165, 1.54) is 0 Å².